The summed E-state index contributed by atoms with van der Waals surface area (Å²) in [6.45, 7) is 11.8. The Labute approximate surface area is 116 Å². The zero-order valence-corrected chi connectivity index (χ0v) is 12.7. The van der Waals surface area contributed by atoms with E-state index in [1.807, 2.05) is 13.8 Å². The lowest BCUT2D eigenvalue weighted by atomic mass is 9.82. The van der Waals surface area contributed by atoms with E-state index in [0.29, 0.717) is 18.4 Å². The Kier molecular flexibility index (Phi) is 7.12. The van der Waals surface area contributed by atoms with Crippen molar-refractivity contribution in [2.75, 3.05) is 7.05 Å². The van der Waals surface area contributed by atoms with Gasteiger partial charge in [0.15, 0.2) is 6.29 Å². The number of allylic oxidation sites excluding steroid dienone is 3. The molecule has 0 rings (SSSR count). The van der Waals surface area contributed by atoms with Crippen LogP contribution in [0.1, 0.15) is 47.0 Å². The van der Waals surface area contributed by atoms with Crippen molar-refractivity contribution < 1.29 is 9.59 Å². The molecule has 0 saturated carbocycles. The van der Waals surface area contributed by atoms with Crippen LogP contribution in [0.4, 0.5) is 0 Å². The summed E-state index contributed by atoms with van der Waals surface area (Å²) in [4.78, 5) is 22.9. The Morgan fingerprint density at radius 2 is 1.89 bits per heavy atom. The largest absolute Gasteiger partial charge is 0.390 e. The summed E-state index contributed by atoms with van der Waals surface area (Å²) in [6, 6.07) is 0. The van der Waals surface area contributed by atoms with Gasteiger partial charge in [-0.05, 0) is 25.2 Å². The maximum Gasteiger partial charge on any atom is 0.225 e. The van der Waals surface area contributed by atoms with Gasteiger partial charge in [0.25, 0.3) is 0 Å². The third-order valence-corrected chi connectivity index (χ3v) is 3.04. The van der Waals surface area contributed by atoms with Crippen molar-refractivity contribution in [2.24, 2.45) is 5.41 Å². The van der Waals surface area contributed by atoms with Crippen LogP contribution < -0.4 is 10.6 Å². The van der Waals surface area contributed by atoms with Crippen molar-refractivity contribution >= 4 is 12.2 Å². The molecule has 0 aliphatic carbocycles. The average molecular weight is 266 g/mol. The molecular formula is C15H26N2O2. The van der Waals surface area contributed by atoms with Crippen molar-refractivity contribution in [3.63, 3.8) is 0 Å². The van der Waals surface area contributed by atoms with E-state index < -0.39 is 0 Å². The van der Waals surface area contributed by atoms with Crippen LogP contribution in [0.3, 0.4) is 0 Å². The Morgan fingerprint density at radius 1 is 1.32 bits per heavy atom. The maximum atomic E-state index is 12.0. The van der Waals surface area contributed by atoms with E-state index in [2.05, 4.69) is 24.1 Å². The van der Waals surface area contributed by atoms with Crippen molar-refractivity contribution in [2.45, 2.75) is 47.0 Å². The normalized spacial score (nSPS) is 12.5. The second-order valence-electron chi connectivity index (χ2n) is 5.58. The minimum Gasteiger partial charge on any atom is -0.390 e. The minimum atomic E-state index is -0.154. The van der Waals surface area contributed by atoms with Gasteiger partial charge in [0, 0.05) is 19.2 Å². The Balaban J connectivity index is 4.61. The van der Waals surface area contributed by atoms with Gasteiger partial charge in [0.2, 0.25) is 5.91 Å². The molecule has 0 saturated heterocycles. The van der Waals surface area contributed by atoms with Crippen LogP contribution >= 0.6 is 0 Å². The highest BCUT2D eigenvalue weighted by atomic mass is 16.2. The Hall–Kier alpha value is -1.58. The molecule has 19 heavy (non-hydrogen) atoms. The van der Waals surface area contributed by atoms with Gasteiger partial charge in [0.05, 0.1) is 5.70 Å². The van der Waals surface area contributed by atoms with Gasteiger partial charge in [0.1, 0.15) is 0 Å². The minimum absolute atomic E-state index is 0.148. The van der Waals surface area contributed by atoms with Gasteiger partial charge in [-0.15, -0.1) is 0 Å². The molecule has 0 aliphatic rings. The average Bonchev–Trinajstić information content (AvgIpc) is 2.33. The van der Waals surface area contributed by atoms with Crippen LogP contribution in [0, 0.1) is 5.41 Å². The molecule has 0 aliphatic heterocycles. The molecule has 0 unspecified atom stereocenters. The first-order chi connectivity index (χ1) is 8.75. The molecule has 0 spiro atoms. The lowest BCUT2D eigenvalue weighted by Crippen LogP contribution is -2.31. The van der Waals surface area contributed by atoms with Crippen LogP contribution in [0.15, 0.2) is 23.5 Å². The molecule has 0 aromatic carbocycles. The molecule has 1 amide bonds. The van der Waals surface area contributed by atoms with E-state index in [1.165, 1.54) is 0 Å². The Morgan fingerprint density at radius 3 is 2.32 bits per heavy atom. The van der Waals surface area contributed by atoms with Crippen molar-refractivity contribution in [1.29, 1.82) is 0 Å². The van der Waals surface area contributed by atoms with Crippen molar-refractivity contribution in [1.82, 2.24) is 10.6 Å². The quantitative estimate of drug-likeness (QED) is 0.403. The number of carbonyl (C=O) groups is 2. The predicted molar refractivity (Wildman–Crippen MR) is 78.4 cm³/mol. The lowest BCUT2D eigenvalue weighted by Gasteiger charge is -2.25. The first-order valence-electron chi connectivity index (χ1n) is 6.56. The molecule has 0 heterocycles. The molecule has 0 aromatic rings. The van der Waals surface area contributed by atoms with E-state index in [-0.39, 0.29) is 17.0 Å². The molecule has 0 fully saturated rings. The predicted octanol–water partition coefficient (Wildman–Crippen LogP) is 2.53. The summed E-state index contributed by atoms with van der Waals surface area (Å²) >= 11 is 0. The van der Waals surface area contributed by atoms with E-state index in [1.54, 1.807) is 14.0 Å². The summed E-state index contributed by atoms with van der Waals surface area (Å²) in [5.41, 5.74) is 1.92. The van der Waals surface area contributed by atoms with Gasteiger partial charge in [-0.3, -0.25) is 9.59 Å². The number of aldehydes is 1. The smallest absolute Gasteiger partial charge is 0.225 e. The fraction of sp³-hybridized carbons (Fsp3) is 0.600. The monoisotopic (exact) mass is 266 g/mol. The van der Waals surface area contributed by atoms with Gasteiger partial charge in [-0.25, -0.2) is 0 Å². The zero-order valence-electron chi connectivity index (χ0n) is 12.7. The second-order valence-corrected chi connectivity index (χ2v) is 5.58. The molecule has 2 N–H and O–H groups in total. The van der Waals surface area contributed by atoms with Crippen LogP contribution in [-0.4, -0.2) is 19.2 Å². The number of amides is 1. The molecule has 4 heteroatoms. The fourth-order valence-corrected chi connectivity index (χ4v) is 1.84. The summed E-state index contributed by atoms with van der Waals surface area (Å²) < 4.78 is 0. The SMILES string of the molecule is C=C(CC)CC(C)(C)CC(=O)N/C(C=O)=C(\C)NC. The molecule has 0 aromatic heterocycles. The van der Waals surface area contributed by atoms with Gasteiger partial charge >= 0.3 is 0 Å². The number of nitrogens with one attached hydrogen (secondary N) is 2. The third-order valence-electron chi connectivity index (χ3n) is 3.04. The van der Waals surface area contributed by atoms with Gasteiger partial charge in [-0.2, -0.15) is 0 Å². The maximum absolute atomic E-state index is 12.0. The topological polar surface area (TPSA) is 58.2 Å². The van der Waals surface area contributed by atoms with Crippen molar-refractivity contribution in [3.05, 3.63) is 23.5 Å². The molecule has 108 valence electrons. The van der Waals surface area contributed by atoms with Crippen LogP contribution in [0.2, 0.25) is 0 Å². The third kappa shape index (κ3) is 6.79. The zero-order chi connectivity index (χ0) is 15.1. The highest BCUT2D eigenvalue weighted by molar-refractivity contribution is 5.86. The number of rotatable bonds is 8. The molecule has 0 bridgehead atoms. The van der Waals surface area contributed by atoms with E-state index in [9.17, 15) is 9.59 Å². The first-order valence-corrected chi connectivity index (χ1v) is 6.56. The van der Waals surface area contributed by atoms with E-state index >= 15 is 0 Å². The summed E-state index contributed by atoms with van der Waals surface area (Å²) in [5.74, 6) is -0.148. The molecule has 0 radical (unpaired) electrons. The van der Waals surface area contributed by atoms with Gasteiger partial charge < -0.3 is 10.6 Å². The van der Waals surface area contributed by atoms with Crippen LogP contribution in [0.25, 0.3) is 0 Å². The van der Waals surface area contributed by atoms with Crippen LogP contribution in [0.5, 0.6) is 0 Å². The summed E-state index contributed by atoms with van der Waals surface area (Å²) in [6.07, 6.45) is 2.74. The Bertz CT molecular complexity index is 382. The standard InChI is InChI=1S/C15H26N2O2/c1-7-11(2)8-15(4,5)9-14(19)17-13(10-18)12(3)16-6/h10,16H,2,7-9H2,1,3-6H3,(H,17,19)/b13-12+. The number of hydrogen-bond donors (Lipinski definition) is 2. The number of hydrogen-bond acceptors (Lipinski definition) is 3. The van der Waals surface area contributed by atoms with E-state index in [0.717, 1.165) is 18.4 Å². The fourth-order valence-electron chi connectivity index (χ4n) is 1.84. The van der Waals surface area contributed by atoms with Gasteiger partial charge in [-0.1, -0.05) is 32.9 Å². The lowest BCUT2D eigenvalue weighted by molar-refractivity contribution is -0.123. The molecule has 4 nitrogen and oxygen atoms in total. The molecular weight excluding hydrogens is 240 g/mol. The van der Waals surface area contributed by atoms with Crippen LogP contribution in [-0.2, 0) is 9.59 Å². The highest BCUT2D eigenvalue weighted by Gasteiger charge is 2.23. The summed E-state index contributed by atoms with van der Waals surface area (Å²) in [7, 11) is 1.71. The summed E-state index contributed by atoms with van der Waals surface area (Å²) in [5, 5.41) is 5.49. The number of carbonyl (C=O) groups excluding carboxylic acids is 2. The molecule has 0 atom stereocenters. The second kappa shape index (κ2) is 7.77. The highest BCUT2D eigenvalue weighted by Crippen LogP contribution is 2.29. The van der Waals surface area contributed by atoms with E-state index in [4.69, 9.17) is 0 Å². The first kappa shape index (κ1) is 17.4. The van der Waals surface area contributed by atoms with Crippen molar-refractivity contribution in [3.8, 4) is 0 Å².